The van der Waals surface area contributed by atoms with Gasteiger partial charge in [-0.3, -0.25) is 4.79 Å². The lowest BCUT2D eigenvalue weighted by Gasteiger charge is -2.14. The smallest absolute Gasteiger partial charge is 0.259 e. The van der Waals surface area contributed by atoms with Crippen molar-refractivity contribution in [3.05, 3.63) is 96.8 Å². The van der Waals surface area contributed by atoms with Gasteiger partial charge in [-0.1, -0.05) is 18.2 Å². The van der Waals surface area contributed by atoms with E-state index in [1.807, 2.05) is 54.6 Å². The maximum Gasteiger partial charge on any atom is 0.259 e. The number of nitrogens with one attached hydrogen (secondary N) is 3. The Labute approximate surface area is 180 Å². The first-order valence-corrected chi connectivity index (χ1v) is 9.67. The maximum absolute atomic E-state index is 13.1. The van der Waals surface area contributed by atoms with Crippen molar-refractivity contribution in [1.82, 2.24) is 9.97 Å². The number of anilines is 5. The number of rotatable bonds is 7. The molecule has 2 aromatic carbocycles. The van der Waals surface area contributed by atoms with Crippen LogP contribution in [0.1, 0.15) is 10.4 Å². The van der Waals surface area contributed by atoms with E-state index in [9.17, 15) is 4.79 Å². The fourth-order valence-electron chi connectivity index (χ4n) is 2.95. The maximum atomic E-state index is 13.1. The molecule has 4 rings (SSSR count). The zero-order chi connectivity index (χ0) is 21.5. The molecule has 0 spiro atoms. The van der Waals surface area contributed by atoms with E-state index >= 15 is 0 Å². The largest absolute Gasteiger partial charge is 0.497 e. The van der Waals surface area contributed by atoms with Gasteiger partial charge in [0.05, 0.1) is 18.4 Å². The molecule has 0 aliphatic heterocycles. The highest BCUT2D eigenvalue weighted by Crippen LogP contribution is 2.25. The Morgan fingerprint density at radius 1 is 0.742 bits per heavy atom. The third-order valence-electron chi connectivity index (χ3n) is 4.50. The molecular formula is C24H21N5O2. The van der Waals surface area contributed by atoms with Crippen LogP contribution in [0.4, 0.5) is 28.7 Å². The van der Waals surface area contributed by atoms with Gasteiger partial charge in [0.15, 0.2) is 5.82 Å². The van der Waals surface area contributed by atoms with Gasteiger partial charge in [0.25, 0.3) is 5.91 Å². The zero-order valence-corrected chi connectivity index (χ0v) is 16.9. The van der Waals surface area contributed by atoms with Gasteiger partial charge in [-0.15, -0.1) is 0 Å². The van der Waals surface area contributed by atoms with Crippen LogP contribution in [-0.4, -0.2) is 23.0 Å². The van der Waals surface area contributed by atoms with Crippen molar-refractivity contribution in [3.63, 3.8) is 0 Å². The molecule has 2 heterocycles. The molecule has 0 radical (unpaired) electrons. The number of para-hydroxylation sites is 1. The number of carbonyl (C=O) groups excluding carboxylic acids is 1. The highest BCUT2D eigenvalue weighted by Gasteiger charge is 2.15. The zero-order valence-electron chi connectivity index (χ0n) is 16.9. The molecule has 4 aromatic rings. The molecule has 3 N–H and O–H groups in total. The number of hydrogen-bond acceptors (Lipinski definition) is 6. The summed E-state index contributed by atoms with van der Waals surface area (Å²) in [5.74, 6) is 1.45. The summed E-state index contributed by atoms with van der Waals surface area (Å²) in [6.45, 7) is 0. The monoisotopic (exact) mass is 411 g/mol. The van der Waals surface area contributed by atoms with Crippen molar-refractivity contribution < 1.29 is 9.53 Å². The molecule has 7 heteroatoms. The molecule has 0 saturated heterocycles. The number of ether oxygens (including phenoxy) is 1. The summed E-state index contributed by atoms with van der Waals surface area (Å²) in [7, 11) is 1.61. The summed E-state index contributed by atoms with van der Waals surface area (Å²) in [4.78, 5) is 21.8. The second-order valence-corrected chi connectivity index (χ2v) is 6.60. The summed E-state index contributed by atoms with van der Waals surface area (Å²) < 4.78 is 5.18. The lowest BCUT2D eigenvalue weighted by molar-refractivity contribution is 0.102. The van der Waals surface area contributed by atoms with Crippen LogP contribution in [0.5, 0.6) is 5.75 Å². The first kappa shape index (κ1) is 19.9. The second-order valence-electron chi connectivity index (χ2n) is 6.60. The molecule has 0 fully saturated rings. The molecule has 31 heavy (non-hydrogen) atoms. The van der Waals surface area contributed by atoms with Crippen LogP contribution in [0.3, 0.4) is 0 Å². The van der Waals surface area contributed by atoms with Crippen molar-refractivity contribution >= 4 is 34.6 Å². The first-order valence-electron chi connectivity index (χ1n) is 9.67. The van der Waals surface area contributed by atoms with E-state index in [1.54, 1.807) is 43.8 Å². The third kappa shape index (κ3) is 4.97. The molecule has 1 amide bonds. The number of hydrogen-bond donors (Lipinski definition) is 3. The second kappa shape index (κ2) is 9.41. The fraction of sp³-hybridized carbons (Fsp3) is 0.0417. The molecule has 0 aliphatic rings. The Kier molecular flexibility index (Phi) is 6.04. The molecule has 0 saturated carbocycles. The van der Waals surface area contributed by atoms with Gasteiger partial charge in [0.1, 0.15) is 11.6 Å². The van der Waals surface area contributed by atoms with Gasteiger partial charge in [-0.05, 0) is 60.7 Å². The van der Waals surface area contributed by atoms with Gasteiger partial charge >= 0.3 is 0 Å². The SMILES string of the molecule is COc1ccc(Nc2ncccc2C(=O)Nc2cccnc2Nc2ccccc2)cc1. The van der Waals surface area contributed by atoms with Gasteiger partial charge in [-0.2, -0.15) is 0 Å². The summed E-state index contributed by atoms with van der Waals surface area (Å²) >= 11 is 0. The van der Waals surface area contributed by atoms with Crippen molar-refractivity contribution in [1.29, 1.82) is 0 Å². The van der Waals surface area contributed by atoms with Crippen LogP contribution in [0.25, 0.3) is 0 Å². The normalized spacial score (nSPS) is 10.2. The highest BCUT2D eigenvalue weighted by molar-refractivity contribution is 6.09. The van der Waals surface area contributed by atoms with E-state index < -0.39 is 0 Å². The van der Waals surface area contributed by atoms with Gasteiger partial charge in [0, 0.05) is 23.8 Å². The molecule has 154 valence electrons. The lowest BCUT2D eigenvalue weighted by Crippen LogP contribution is -2.16. The number of pyridine rings is 2. The summed E-state index contributed by atoms with van der Waals surface area (Å²) in [5.41, 5.74) is 2.64. The van der Waals surface area contributed by atoms with Crippen molar-refractivity contribution in [2.45, 2.75) is 0 Å². The topological polar surface area (TPSA) is 88.2 Å². The first-order chi connectivity index (χ1) is 15.2. The summed E-state index contributed by atoms with van der Waals surface area (Å²) in [5, 5.41) is 9.34. The van der Waals surface area contributed by atoms with Crippen LogP contribution in [0.2, 0.25) is 0 Å². The number of amides is 1. The van der Waals surface area contributed by atoms with Crippen LogP contribution in [-0.2, 0) is 0 Å². The van der Waals surface area contributed by atoms with Crippen LogP contribution in [0.15, 0.2) is 91.3 Å². The number of methoxy groups -OCH3 is 1. The molecule has 0 atom stereocenters. The van der Waals surface area contributed by atoms with E-state index in [0.29, 0.717) is 22.9 Å². The van der Waals surface area contributed by atoms with E-state index in [2.05, 4.69) is 25.9 Å². The van der Waals surface area contributed by atoms with Crippen LogP contribution in [0, 0.1) is 0 Å². The summed E-state index contributed by atoms with van der Waals surface area (Å²) in [6, 6.07) is 24.0. The quantitative estimate of drug-likeness (QED) is 0.386. The Bertz CT molecular complexity index is 1160. The average molecular weight is 411 g/mol. The van der Waals surface area contributed by atoms with Crippen LogP contribution >= 0.6 is 0 Å². The Hall–Kier alpha value is -4.39. The number of aromatic nitrogens is 2. The van der Waals surface area contributed by atoms with Gasteiger partial charge < -0.3 is 20.7 Å². The van der Waals surface area contributed by atoms with E-state index in [1.165, 1.54) is 0 Å². The molecule has 7 nitrogen and oxygen atoms in total. The van der Waals surface area contributed by atoms with E-state index in [-0.39, 0.29) is 5.91 Å². The van der Waals surface area contributed by atoms with Gasteiger partial charge in [-0.25, -0.2) is 9.97 Å². The Morgan fingerprint density at radius 2 is 1.39 bits per heavy atom. The lowest BCUT2D eigenvalue weighted by atomic mass is 10.2. The third-order valence-corrected chi connectivity index (χ3v) is 4.50. The molecule has 0 aliphatic carbocycles. The Morgan fingerprint density at radius 3 is 2.13 bits per heavy atom. The summed E-state index contributed by atoms with van der Waals surface area (Å²) in [6.07, 6.45) is 3.30. The molecule has 0 unspecified atom stereocenters. The molecule has 2 aromatic heterocycles. The minimum Gasteiger partial charge on any atom is -0.497 e. The average Bonchev–Trinajstić information content (AvgIpc) is 2.82. The fourth-order valence-corrected chi connectivity index (χ4v) is 2.95. The Balaban J connectivity index is 1.54. The van der Waals surface area contributed by atoms with E-state index in [0.717, 1.165) is 17.1 Å². The predicted molar refractivity (Wildman–Crippen MR) is 122 cm³/mol. The molecule has 0 bridgehead atoms. The number of nitrogens with zero attached hydrogens (tertiary/aromatic N) is 2. The van der Waals surface area contributed by atoms with Gasteiger partial charge in [0.2, 0.25) is 0 Å². The number of benzene rings is 2. The standard InChI is InChI=1S/C24H21N5O2/c1-31-19-13-11-18(12-14-19)27-22-20(9-5-15-25-22)24(30)29-21-10-6-16-26-23(21)28-17-7-3-2-4-8-17/h2-16H,1H3,(H,25,27)(H,26,28)(H,29,30). The minimum atomic E-state index is -0.298. The van der Waals surface area contributed by atoms with Crippen molar-refractivity contribution in [2.75, 3.05) is 23.1 Å². The van der Waals surface area contributed by atoms with E-state index in [4.69, 9.17) is 4.74 Å². The highest BCUT2D eigenvalue weighted by atomic mass is 16.5. The van der Waals surface area contributed by atoms with Crippen molar-refractivity contribution in [3.8, 4) is 5.75 Å². The van der Waals surface area contributed by atoms with Crippen LogP contribution < -0.4 is 20.7 Å². The predicted octanol–water partition coefficient (Wildman–Crippen LogP) is 5.22. The number of carbonyl (C=O) groups is 1. The molecular weight excluding hydrogens is 390 g/mol. The van der Waals surface area contributed by atoms with Crippen molar-refractivity contribution in [2.24, 2.45) is 0 Å². The minimum absolute atomic E-state index is 0.298.